The molecule has 0 atom stereocenters. The zero-order chi connectivity index (χ0) is 19.5. The molecule has 1 N–H and O–H groups in total. The standard InChI is InChI=1S/C22H22N4O2/c1-15-8-12-26(13-9-15)22(28)19-14-17(7-11-23-19)21(27)25-18-6-2-4-16-5-3-10-24-20(16)18/h2-7,10-11,14-15H,8-9,12-13H2,1H3,(H,25,27). The topological polar surface area (TPSA) is 75.2 Å². The molecule has 142 valence electrons. The maximum atomic E-state index is 12.8. The number of hydrogen-bond acceptors (Lipinski definition) is 4. The highest BCUT2D eigenvalue weighted by molar-refractivity contribution is 6.09. The van der Waals surface area contributed by atoms with Gasteiger partial charge >= 0.3 is 0 Å². The van der Waals surface area contributed by atoms with Crippen LogP contribution in [0.3, 0.4) is 0 Å². The first-order chi connectivity index (χ1) is 13.6. The molecule has 1 saturated heterocycles. The van der Waals surface area contributed by atoms with Crippen LogP contribution < -0.4 is 5.32 Å². The number of nitrogens with one attached hydrogen (secondary N) is 1. The summed E-state index contributed by atoms with van der Waals surface area (Å²) >= 11 is 0. The lowest BCUT2D eigenvalue weighted by Gasteiger charge is -2.30. The highest BCUT2D eigenvalue weighted by Crippen LogP contribution is 2.22. The van der Waals surface area contributed by atoms with E-state index in [9.17, 15) is 9.59 Å². The summed E-state index contributed by atoms with van der Waals surface area (Å²) in [6, 6.07) is 12.6. The fourth-order valence-electron chi connectivity index (χ4n) is 3.46. The van der Waals surface area contributed by atoms with E-state index >= 15 is 0 Å². The van der Waals surface area contributed by atoms with Crippen LogP contribution in [-0.4, -0.2) is 39.8 Å². The van der Waals surface area contributed by atoms with Gasteiger partial charge in [0.2, 0.25) is 0 Å². The van der Waals surface area contributed by atoms with E-state index in [-0.39, 0.29) is 11.8 Å². The molecule has 0 aliphatic carbocycles. The van der Waals surface area contributed by atoms with Gasteiger partial charge in [-0.25, -0.2) is 0 Å². The van der Waals surface area contributed by atoms with E-state index in [1.54, 1.807) is 18.3 Å². The molecule has 0 unspecified atom stereocenters. The van der Waals surface area contributed by atoms with Gasteiger partial charge in [0.05, 0.1) is 11.2 Å². The van der Waals surface area contributed by atoms with E-state index in [4.69, 9.17) is 0 Å². The molecule has 1 fully saturated rings. The molecule has 1 aliphatic heterocycles. The predicted molar refractivity (Wildman–Crippen MR) is 108 cm³/mol. The molecule has 2 aromatic heterocycles. The van der Waals surface area contributed by atoms with Crippen molar-refractivity contribution in [2.45, 2.75) is 19.8 Å². The zero-order valence-electron chi connectivity index (χ0n) is 15.8. The molecule has 28 heavy (non-hydrogen) atoms. The summed E-state index contributed by atoms with van der Waals surface area (Å²) in [7, 11) is 0. The largest absolute Gasteiger partial charge is 0.337 e. The average Bonchev–Trinajstić information content (AvgIpc) is 2.74. The first-order valence-electron chi connectivity index (χ1n) is 9.52. The third-order valence-corrected chi connectivity index (χ3v) is 5.19. The van der Waals surface area contributed by atoms with Crippen LogP contribution in [0.5, 0.6) is 0 Å². The zero-order valence-corrected chi connectivity index (χ0v) is 15.8. The molecule has 0 spiro atoms. The maximum absolute atomic E-state index is 12.8. The number of amides is 2. The summed E-state index contributed by atoms with van der Waals surface area (Å²) < 4.78 is 0. The minimum absolute atomic E-state index is 0.117. The molecule has 0 radical (unpaired) electrons. The van der Waals surface area contributed by atoms with E-state index in [0.29, 0.717) is 22.9 Å². The summed E-state index contributed by atoms with van der Waals surface area (Å²) in [5.41, 5.74) is 2.07. The molecule has 2 amide bonds. The molecule has 1 aliphatic rings. The van der Waals surface area contributed by atoms with E-state index in [0.717, 1.165) is 36.8 Å². The lowest BCUT2D eigenvalue weighted by Crippen LogP contribution is -2.38. The minimum Gasteiger partial charge on any atom is -0.337 e. The quantitative estimate of drug-likeness (QED) is 0.757. The Morgan fingerprint density at radius 3 is 2.64 bits per heavy atom. The van der Waals surface area contributed by atoms with Crippen LogP contribution in [0.1, 0.15) is 40.6 Å². The molecule has 6 nitrogen and oxygen atoms in total. The number of hydrogen-bond donors (Lipinski definition) is 1. The molecule has 0 saturated carbocycles. The molecule has 3 aromatic rings. The number of pyridine rings is 2. The first-order valence-corrected chi connectivity index (χ1v) is 9.52. The number of fused-ring (bicyclic) bond motifs is 1. The van der Waals surface area contributed by atoms with Crippen molar-refractivity contribution in [1.29, 1.82) is 0 Å². The Labute approximate surface area is 163 Å². The number of piperidine rings is 1. The molecule has 4 rings (SSSR count). The van der Waals surface area contributed by atoms with Gasteiger partial charge in [-0.2, -0.15) is 0 Å². The fourth-order valence-corrected chi connectivity index (χ4v) is 3.46. The van der Waals surface area contributed by atoms with Crippen LogP contribution in [0, 0.1) is 5.92 Å². The van der Waals surface area contributed by atoms with Crippen molar-refractivity contribution in [3.8, 4) is 0 Å². The molecule has 1 aromatic carbocycles. The summed E-state index contributed by atoms with van der Waals surface area (Å²) in [5, 5.41) is 3.85. The number of rotatable bonds is 3. The van der Waals surface area contributed by atoms with E-state index in [1.807, 2.05) is 35.2 Å². The van der Waals surface area contributed by atoms with Crippen LogP contribution in [0.15, 0.2) is 54.9 Å². The van der Waals surface area contributed by atoms with Crippen molar-refractivity contribution in [3.05, 3.63) is 66.1 Å². The normalized spacial score (nSPS) is 14.8. The summed E-state index contributed by atoms with van der Waals surface area (Å²) in [5.74, 6) is 0.235. The molecular weight excluding hydrogens is 352 g/mol. The summed E-state index contributed by atoms with van der Waals surface area (Å²) in [6.07, 6.45) is 5.21. The Morgan fingerprint density at radius 1 is 1.04 bits per heavy atom. The maximum Gasteiger partial charge on any atom is 0.272 e. The molecule has 6 heteroatoms. The van der Waals surface area contributed by atoms with E-state index in [1.165, 1.54) is 6.20 Å². The number of aromatic nitrogens is 2. The Kier molecular flexibility index (Phi) is 5.02. The van der Waals surface area contributed by atoms with Gasteiger partial charge in [-0.15, -0.1) is 0 Å². The van der Waals surface area contributed by atoms with Crippen molar-refractivity contribution < 1.29 is 9.59 Å². The third kappa shape index (κ3) is 3.71. The molecular formula is C22H22N4O2. The second kappa shape index (κ2) is 7.76. The predicted octanol–water partition coefficient (Wildman–Crippen LogP) is 3.75. The molecule has 3 heterocycles. The van der Waals surface area contributed by atoms with Crippen molar-refractivity contribution in [1.82, 2.24) is 14.9 Å². The smallest absolute Gasteiger partial charge is 0.272 e. The van der Waals surface area contributed by atoms with Crippen LogP contribution in [0.25, 0.3) is 10.9 Å². The van der Waals surface area contributed by atoms with Gasteiger partial charge < -0.3 is 10.2 Å². The highest BCUT2D eigenvalue weighted by atomic mass is 16.2. The van der Waals surface area contributed by atoms with Crippen molar-refractivity contribution in [2.75, 3.05) is 18.4 Å². The second-order valence-corrected chi connectivity index (χ2v) is 7.24. The van der Waals surface area contributed by atoms with Gasteiger partial charge in [0.1, 0.15) is 5.69 Å². The van der Waals surface area contributed by atoms with Crippen molar-refractivity contribution in [3.63, 3.8) is 0 Å². The van der Waals surface area contributed by atoms with Gasteiger partial charge in [0.25, 0.3) is 11.8 Å². The van der Waals surface area contributed by atoms with Gasteiger partial charge in [-0.1, -0.05) is 25.1 Å². The number of likely N-dealkylation sites (tertiary alicyclic amines) is 1. The number of carbonyl (C=O) groups excluding carboxylic acids is 2. The van der Waals surface area contributed by atoms with Crippen LogP contribution in [0.2, 0.25) is 0 Å². The third-order valence-electron chi connectivity index (χ3n) is 5.19. The number of carbonyl (C=O) groups is 2. The fraction of sp³-hybridized carbons (Fsp3) is 0.273. The number of para-hydroxylation sites is 1. The summed E-state index contributed by atoms with van der Waals surface area (Å²) in [4.78, 5) is 35.9. The first kappa shape index (κ1) is 18.1. The van der Waals surface area contributed by atoms with E-state index < -0.39 is 0 Å². The highest BCUT2D eigenvalue weighted by Gasteiger charge is 2.23. The number of benzene rings is 1. The summed E-state index contributed by atoms with van der Waals surface area (Å²) in [6.45, 7) is 3.67. The van der Waals surface area contributed by atoms with Gasteiger partial charge in [-0.05, 0) is 43.0 Å². The Balaban J connectivity index is 1.54. The Morgan fingerprint density at radius 2 is 1.82 bits per heavy atom. The van der Waals surface area contributed by atoms with Crippen molar-refractivity contribution in [2.24, 2.45) is 5.92 Å². The van der Waals surface area contributed by atoms with Gasteiger partial charge in [-0.3, -0.25) is 19.6 Å². The van der Waals surface area contributed by atoms with Gasteiger partial charge in [0, 0.05) is 36.4 Å². The monoisotopic (exact) mass is 374 g/mol. The average molecular weight is 374 g/mol. The second-order valence-electron chi connectivity index (χ2n) is 7.24. The Bertz CT molecular complexity index is 1020. The van der Waals surface area contributed by atoms with Crippen LogP contribution in [0.4, 0.5) is 5.69 Å². The Hall–Kier alpha value is -3.28. The number of nitrogens with zero attached hydrogens (tertiary/aromatic N) is 3. The van der Waals surface area contributed by atoms with E-state index in [2.05, 4.69) is 22.2 Å². The van der Waals surface area contributed by atoms with Gasteiger partial charge in [0.15, 0.2) is 0 Å². The van der Waals surface area contributed by atoms with Crippen molar-refractivity contribution >= 4 is 28.4 Å². The lowest BCUT2D eigenvalue weighted by molar-refractivity contribution is 0.0691. The van der Waals surface area contributed by atoms with Crippen LogP contribution in [-0.2, 0) is 0 Å². The minimum atomic E-state index is -0.290. The number of anilines is 1. The molecule has 0 bridgehead atoms. The lowest BCUT2D eigenvalue weighted by atomic mass is 9.99. The SMILES string of the molecule is CC1CCN(C(=O)c2cc(C(=O)Nc3cccc4cccnc34)ccn2)CC1. The van der Waals surface area contributed by atoms with Crippen LogP contribution >= 0.6 is 0 Å².